The van der Waals surface area contributed by atoms with Crippen LogP contribution in [0.25, 0.3) is 22.0 Å². The molecule has 160 valence electrons. The topological polar surface area (TPSA) is 81.0 Å². The molecule has 6 nitrogen and oxygen atoms in total. The zero-order valence-corrected chi connectivity index (χ0v) is 17.0. The zero-order valence-electron chi connectivity index (χ0n) is 16.2. The normalized spacial score (nSPS) is 11.6. The van der Waals surface area contributed by atoms with E-state index >= 15 is 0 Å². The van der Waals surface area contributed by atoms with Crippen molar-refractivity contribution in [3.05, 3.63) is 75.2 Å². The first-order valence-corrected chi connectivity index (χ1v) is 10.0. The Bertz CT molecular complexity index is 1230. The van der Waals surface area contributed by atoms with Crippen LogP contribution in [0.4, 0.5) is 13.2 Å². The van der Waals surface area contributed by atoms with Crippen LogP contribution >= 0.6 is 11.3 Å². The third kappa shape index (κ3) is 4.85. The summed E-state index contributed by atoms with van der Waals surface area (Å²) in [5.41, 5.74) is 1.45. The van der Waals surface area contributed by atoms with Crippen LogP contribution in [0, 0.1) is 6.92 Å². The second kappa shape index (κ2) is 8.38. The van der Waals surface area contributed by atoms with Crippen molar-refractivity contribution in [2.45, 2.75) is 19.5 Å². The highest BCUT2D eigenvalue weighted by Gasteiger charge is 2.30. The maximum Gasteiger partial charge on any atom is 0.434 e. The SMILES string of the molecule is Cc1sc(-c2ccc(C(F)(F)F)cc2)nc1CCOc1ccc(-c2n[nH]c(=O)o2)cc1. The van der Waals surface area contributed by atoms with Crippen molar-refractivity contribution in [2.24, 2.45) is 0 Å². The first-order chi connectivity index (χ1) is 14.8. The smallest absolute Gasteiger partial charge is 0.434 e. The molecule has 4 aromatic rings. The lowest BCUT2D eigenvalue weighted by Crippen LogP contribution is -2.04. The van der Waals surface area contributed by atoms with Gasteiger partial charge in [-0.1, -0.05) is 12.1 Å². The van der Waals surface area contributed by atoms with E-state index in [1.807, 2.05) is 6.92 Å². The third-order valence-corrected chi connectivity index (χ3v) is 5.56. The fourth-order valence-corrected chi connectivity index (χ4v) is 3.86. The number of halogens is 3. The van der Waals surface area contributed by atoms with Gasteiger partial charge in [-0.2, -0.15) is 13.2 Å². The van der Waals surface area contributed by atoms with Crippen molar-refractivity contribution in [1.82, 2.24) is 15.2 Å². The van der Waals surface area contributed by atoms with Crippen LogP contribution in [0.5, 0.6) is 5.75 Å². The highest BCUT2D eigenvalue weighted by molar-refractivity contribution is 7.15. The molecule has 0 fully saturated rings. The van der Waals surface area contributed by atoms with Crippen LogP contribution in [0.2, 0.25) is 0 Å². The van der Waals surface area contributed by atoms with Gasteiger partial charge in [0.05, 0.1) is 17.9 Å². The minimum absolute atomic E-state index is 0.199. The van der Waals surface area contributed by atoms with Gasteiger partial charge in [-0.15, -0.1) is 16.4 Å². The molecule has 0 unspecified atom stereocenters. The van der Waals surface area contributed by atoms with Gasteiger partial charge in [0.25, 0.3) is 0 Å². The predicted octanol–water partition coefficient (Wildman–Crippen LogP) is 5.10. The van der Waals surface area contributed by atoms with Crippen molar-refractivity contribution in [2.75, 3.05) is 6.61 Å². The Hall–Kier alpha value is -3.40. The highest BCUT2D eigenvalue weighted by Crippen LogP contribution is 2.33. The quantitative estimate of drug-likeness (QED) is 0.445. The summed E-state index contributed by atoms with van der Waals surface area (Å²) < 4.78 is 48.8. The Kier molecular flexibility index (Phi) is 5.64. The lowest BCUT2D eigenvalue weighted by Gasteiger charge is -2.06. The van der Waals surface area contributed by atoms with Gasteiger partial charge in [0.2, 0.25) is 5.89 Å². The molecule has 2 aromatic carbocycles. The minimum atomic E-state index is -4.36. The van der Waals surface area contributed by atoms with Gasteiger partial charge < -0.3 is 9.15 Å². The van der Waals surface area contributed by atoms with E-state index in [0.717, 1.165) is 22.7 Å². The van der Waals surface area contributed by atoms with Gasteiger partial charge >= 0.3 is 11.9 Å². The third-order valence-electron chi connectivity index (χ3n) is 4.50. The number of aromatic nitrogens is 3. The molecule has 1 N–H and O–H groups in total. The Labute approximate surface area is 178 Å². The van der Waals surface area contributed by atoms with Gasteiger partial charge in [-0.3, -0.25) is 0 Å². The number of ether oxygens (including phenoxy) is 1. The summed E-state index contributed by atoms with van der Waals surface area (Å²) in [5, 5.41) is 6.64. The fraction of sp³-hybridized carbons (Fsp3) is 0.190. The summed E-state index contributed by atoms with van der Waals surface area (Å²) >= 11 is 1.43. The number of H-pyrrole nitrogens is 1. The highest BCUT2D eigenvalue weighted by atomic mass is 32.1. The molecule has 0 aliphatic heterocycles. The molecule has 2 aromatic heterocycles. The largest absolute Gasteiger partial charge is 0.493 e. The second-order valence-corrected chi connectivity index (χ2v) is 7.84. The number of aromatic amines is 1. The summed E-state index contributed by atoms with van der Waals surface area (Å²) in [5.74, 6) is 0.215. The summed E-state index contributed by atoms with van der Waals surface area (Å²) in [6.07, 6.45) is -3.80. The van der Waals surface area contributed by atoms with Crippen LogP contribution in [-0.4, -0.2) is 21.8 Å². The number of rotatable bonds is 6. The maximum absolute atomic E-state index is 12.7. The number of nitrogens with zero attached hydrogens (tertiary/aromatic N) is 2. The molecule has 4 rings (SSSR count). The Balaban J connectivity index is 1.37. The molecule has 0 atom stereocenters. The summed E-state index contributed by atoms with van der Waals surface area (Å²) in [6, 6.07) is 11.9. The zero-order chi connectivity index (χ0) is 22.0. The van der Waals surface area contributed by atoms with E-state index in [1.54, 1.807) is 24.3 Å². The molecule has 2 heterocycles. The Morgan fingerprint density at radius 3 is 2.35 bits per heavy atom. The van der Waals surface area contributed by atoms with Gasteiger partial charge in [-0.25, -0.2) is 14.9 Å². The maximum atomic E-state index is 12.7. The van der Waals surface area contributed by atoms with E-state index in [0.29, 0.717) is 34.9 Å². The van der Waals surface area contributed by atoms with Crippen molar-refractivity contribution in [1.29, 1.82) is 0 Å². The number of thiazole rings is 1. The average molecular weight is 447 g/mol. The van der Waals surface area contributed by atoms with Crippen molar-refractivity contribution in [3.63, 3.8) is 0 Å². The number of aryl methyl sites for hydroxylation is 1. The van der Waals surface area contributed by atoms with E-state index in [2.05, 4.69) is 15.2 Å². The molecular formula is C21H16F3N3O3S. The van der Waals surface area contributed by atoms with Crippen LogP contribution in [0.3, 0.4) is 0 Å². The average Bonchev–Trinajstić information content (AvgIpc) is 3.34. The molecule has 0 radical (unpaired) electrons. The van der Waals surface area contributed by atoms with Gasteiger partial charge in [0, 0.05) is 22.4 Å². The van der Waals surface area contributed by atoms with E-state index < -0.39 is 17.5 Å². The molecular weight excluding hydrogens is 431 g/mol. The molecule has 0 spiro atoms. The molecule has 31 heavy (non-hydrogen) atoms. The first-order valence-electron chi connectivity index (χ1n) is 9.22. The standard InChI is InChI=1S/C21H16F3N3O3S/c1-12-17(25-19(31-12)14-2-6-15(7-3-14)21(22,23)24)10-11-29-16-8-4-13(5-9-16)18-26-27-20(28)30-18/h2-9H,10-11H2,1H3,(H,27,28). The van der Waals surface area contributed by atoms with Crippen molar-refractivity contribution in [3.8, 4) is 27.8 Å². The van der Waals surface area contributed by atoms with Crippen molar-refractivity contribution < 1.29 is 22.3 Å². The lowest BCUT2D eigenvalue weighted by atomic mass is 10.1. The predicted molar refractivity (Wildman–Crippen MR) is 109 cm³/mol. The van der Waals surface area contributed by atoms with Crippen molar-refractivity contribution >= 4 is 11.3 Å². The minimum Gasteiger partial charge on any atom is -0.493 e. The van der Waals surface area contributed by atoms with E-state index in [4.69, 9.17) is 9.15 Å². The number of alkyl halides is 3. The number of hydrogen-bond acceptors (Lipinski definition) is 6. The van der Waals surface area contributed by atoms with E-state index in [1.165, 1.54) is 23.5 Å². The van der Waals surface area contributed by atoms with Gasteiger partial charge in [0.15, 0.2) is 0 Å². The molecule has 0 amide bonds. The molecule has 0 saturated carbocycles. The Morgan fingerprint density at radius 2 is 1.74 bits per heavy atom. The van der Waals surface area contributed by atoms with Crippen LogP contribution < -0.4 is 10.5 Å². The fourth-order valence-electron chi connectivity index (χ4n) is 2.90. The number of hydrogen-bond donors (Lipinski definition) is 1. The molecule has 0 saturated heterocycles. The van der Waals surface area contributed by atoms with Gasteiger partial charge in [0.1, 0.15) is 10.8 Å². The number of nitrogens with one attached hydrogen (secondary N) is 1. The van der Waals surface area contributed by atoms with E-state index in [9.17, 15) is 18.0 Å². The Morgan fingerprint density at radius 1 is 1.06 bits per heavy atom. The number of benzene rings is 2. The first kappa shape index (κ1) is 20.9. The van der Waals surface area contributed by atoms with Gasteiger partial charge in [-0.05, 0) is 43.3 Å². The lowest BCUT2D eigenvalue weighted by molar-refractivity contribution is -0.137. The molecule has 0 aliphatic rings. The van der Waals surface area contributed by atoms with Crippen LogP contribution in [0.15, 0.2) is 57.7 Å². The van der Waals surface area contributed by atoms with E-state index in [-0.39, 0.29) is 5.89 Å². The molecule has 10 heteroatoms. The summed E-state index contributed by atoms with van der Waals surface area (Å²) in [7, 11) is 0. The van der Waals surface area contributed by atoms with Crippen LogP contribution in [-0.2, 0) is 12.6 Å². The molecule has 0 bridgehead atoms. The second-order valence-electron chi connectivity index (χ2n) is 6.64. The summed E-state index contributed by atoms with van der Waals surface area (Å²) in [4.78, 5) is 16.6. The van der Waals surface area contributed by atoms with Crippen LogP contribution in [0.1, 0.15) is 16.1 Å². The summed E-state index contributed by atoms with van der Waals surface area (Å²) in [6.45, 7) is 2.31. The monoisotopic (exact) mass is 447 g/mol. The molecule has 0 aliphatic carbocycles.